The second kappa shape index (κ2) is 8.39. The lowest BCUT2D eigenvalue weighted by atomic mass is 10.1. The fourth-order valence-electron chi connectivity index (χ4n) is 3.49. The van der Waals surface area contributed by atoms with Gasteiger partial charge in [-0.3, -0.25) is 9.48 Å². The van der Waals surface area contributed by atoms with Crippen LogP contribution in [0.25, 0.3) is 16.8 Å². The summed E-state index contributed by atoms with van der Waals surface area (Å²) in [6.07, 6.45) is 1.75. The third-order valence-corrected chi connectivity index (χ3v) is 5.52. The summed E-state index contributed by atoms with van der Waals surface area (Å²) in [5.41, 5.74) is 4.82. The van der Waals surface area contributed by atoms with Gasteiger partial charge in [-0.05, 0) is 55.3 Å². The summed E-state index contributed by atoms with van der Waals surface area (Å²) in [5.74, 6) is 0.986. The first kappa shape index (κ1) is 20.9. The molecule has 0 saturated heterocycles. The minimum Gasteiger partial charge on any atom is -0.494 e. The summed E-state index contributed by atoms with van der Waals surface area (Å²) in [6.45, 7) is 3.92. The van der Waals surface area contributed by atoms with Gasteiger partial charge in [-0.1, -0.05) is 34.1 Å². The largest absolute Gasteiger partial charge is 0.494 e. The number of hydrogen-bond acceptors (Lipinski definition) is 4. The van der Waals surface area contributed by atoms with Gasteiger partial charge in [0.05, 0.1) is 12.8 Å². The standard InChI is InChI=1S/C23H22BrN5O2/c1-14-5-10-20(31-4)19(13-14)29-12-11-18(27-29)23(30)25-22-21(15(2)26-28(22)3)16-6-8-17(24)9-7-16/h5-13H,1-4H3,(H,25,30). The molecule has 2 aromatic heterocycles. The Morgan fingerprint density at radius 1 is 1.06 bits per heavy atom. The van der Waals surface area contributed by atoms with Crippen LogP contribution in [0.4, 0.5) is 5.82 Å². The van der Waals surface area contributed by atoms with Gasteiger partial charge in [0.1, 0.15) is 17.3 Å². The molecule has 0 bridgehead atoms. The average Bonchev–Trinajstić information content (AvgIpc) is 3.34. The van der Waals surface area contributed by atoms with Crippen molar-refractivity contribution in [3.63, 3.8) is 0 Å². The lowest BCUT2D eigenvalue weighted by Crippen LogP contribution is -2.16. The third-order valence-electron chi connectivity index (χ3n) is 4.99. The Morgan fingerprint density at radius 3 is 2.52 bits per heavy atom. The minimum absolute atomic E-state index is 0.296. The van der Waals surface area contributed by atoms with Crippen molar-refractivity contribution in [3.05, 3.63) is 76.2 Å². The highest BCUT2D eigenvalue weighted by atomic mass is 79.9. The first-order valence-electron chi connectivity index (χ1n) is 9.69. The maximum Gasteiger partial charge on any atom is 0.277 e. The van der Waals surface area contributed by atoms with Gasteiger partial charge in [0.15, 0.2) is 5.69 Å². The van der Waals surface area contributed by atoms with Crippen molar-refractivity contribution < 1.29 is 9.53 Å². The van der Waals surface area contributed by atoms with Crippen LogP contribution in [-0.2, 0) is 7.05 Å². The van der Waals surface area contributed by atoms with E-state index in [-0.39, 0.29) is 5.91 Å². The molecule has 1 N–H and O–H groups in total. The van der Waals surface area contributed by atoms with E-state index in [0.717, 1.165) is 32.5 Å². The molecule has 0 spiro atoms. The summed E-state index contributed by atoms with van der Waals surface area (Å²) >= 11 is 3.46. The SMILES string of the molecule is COc1ccc(C)cc1-n1ccc(C(=O)Nc2c(-c3ccc(Br)cc3)c(C)nn2C)n1. The number of amides is 1. The topological polar surface area (TPSA) is 74.0 Å². The van der Waals surface area contributed by atoms with E-state index < -0.39 is 0 Å². The van der Waals surface area contributed by atoms with Crippen LogP contribution in [0.5, 0.6) is 5.75 Å². The second-order valence-electron chi connectivity index (χ2n) is 7.21. The van der Waals surface area contributed by atoms with Crippen LogP contribution in [0.15, 0.2) is 59.2 Å². The Labute approximate surface area is 188 Å². The molecule has 4 rings (SSSR count). The molecular weight excluding hydrogens is 458 g/mol. The number of aromatic nitrogens is 4. The number of ether oxygens (including phenoxy) is 1. The lowest BCUT2D eigenvalue weighted by molar-refractivity contribution is 0.102. The van der Waals surface area contributed by atoms with Crippen molar-refractivity contribution in [1.29, 1.82) is 0 Å². The molecule has 0 unspecified atom stereocenters. The van der Waals surface area contributed by atoms with Crippen LogP contribution in [0, 0.1) is 13.8 Å². The maximum absolute atomic E-state index is 13.0. The number of carbonyl (C=O) groups excluding carboxylic acids is 1. The van der Waals surface area contributed by atoms with E-state index in [1.807, 2.05) is 56.3 Å². The molecule has 0 aliphatic carbocycles. The van der Waals surface area contributed by atoms with Crippen LogP contribution in [0.3, 0.4) is 0 Å². The number of nitrogens with zero attached hydrogens (tertiary/aromatic N) is 4. The van der Waals surface area contributed by atoms with Gasteiger partial charge >= 0.3 is 0 Å². The summed E-state index contributed by atoms with van der Waals surface area (Å²) in [4.78, 5) is 13.0. The predicted octanol–water partition coefficient (Wildman–Crippen LogP) is 4.91. The molecule has 7 nitrogen and oxygen atoms in total. The highest BCUT2D eigenvalue weighted by Crippen LogP contribution is 2.32. The van der Waals surface area contributed by atoms with E-state index in [4.69, 9.17) is 4.74 Å². The Morgan fingerprint density at radius 2 is 1.81 bits per heavy atom. The Kier molecular flexibility index (Phi) is 5.65. The van der Waals surface area contributed by atoms with Gasteiger partial charge in [-0.2, -0.15) is 10.2 Å². The molecule has 8 heteroatoms. The second-order valence-corrected chi connectivity index (χ2v) is 8.13. The van der Waals surface area contributed by atoms with Gasteiger partial charge in [0.2, 0.25) is 0 Å². The molecule has 0 radical (unpaired) electrons. The molecule has 0 fully saturated rings. The zero-order valence-electron chi connectivity index (χ0n) is 17.7. The van der Waals surface area contributed by atoms with Crippen molar-refractivity contribution in [1.82, 2.24) is 19.6 Å². The zero-order valence-corrected chi connectivity index (χ0v) is 19.3. The van der Waals surface area contributed by atoms with E-state index >= 15 is 0 Å². The number of aryl methyl sites for hydroxylation is 3. The predicted molar refractivity (Wildman–Crippen MR) is 124 cm³/mol. The summed E-state index contributed by atoms with van der Waals surface area (Å²) < 4.78 is 9.74. The highest BCUT2D eigenvalue weighted by Gasteiger charge is 2.20. The van der Waals surface area contributed by atoms with Crippen molar-refractivity contribution in [2.75, 3.05) is 12.4 Å². The van der Waals surface area contributed by atoms with Crippen LogP contribution in [0.1, 0.15) is 21.7 Å². The molecule has 0 atom stereocenters. The minimum atomic E-state index is -0.313. The monoisotopic (exact) mass is 479 g/mol. The van der Waals surface area contributed by atoms with Gasteiger partial charge in [-0.15, -0.1) is 0 Å². The van der Waals surface area contributed by atoms with Crippen LogP contribution in [-0.4, -0.2) is 32.6 Å². The number of carbonyl (C=O) groups is 1. The molecule has 0 aliphatic heterocycles. The highest BCUT2D eigenvalue weighted by molar-refractivity contribution is 9.10. The first-order valence-corrected chi connectivity index (χ1v) is 10.5. The summed E-state index contributed by atoms with van der Waals surface area (Å²) in [6, 6.07) is 15.4. The van der Waals surface area contributed by atoms with E-state index in [0.29, 0.717) is 17.3 Å². The van der Waals surface area contributed by atoms with Gasteiger partial charge in [0, 0.05) is 23.3 Å². The summed E-state index contributed by atoms with van der Waals surface area (Å²) in [5, 5.41) is 11.9. The van der Waals surface area contributed by atoms with Crippen molar-refractivity contribution in [2.24, 2.45) is 7.05 Å². The molecule has 0 saturated carbocycles. The van der Waals surface area contributed by atoms with Crippen molar-refractivity contribution in [2.45, 2.75) is 13.8 Å². The number of hydrogen-bond donors (Lipinski definition) is 1. The Bertz CT molecular complexity index is 1260. The number of benzene rings is 2. The fourth-order valence-corrected chi connectivity index (χ4v) is 3.76. The molecule has 31 heavy (non-hydrogen) atoms. The van der Waals surface area contributed by atoms with Crippen LogP contribution in [0.2, 0.25) is 0 Å². The Hall–Kier alpha value is -3.39. The third kappa shape index (κ3) is 4.11. The van der Waals surface area contributed by atoms with Crippen LogP contribution < -0.4 is 10.1 Å². The molecule has 2 heterocycles. The van der Waals surface area contributed by atoms with Gasteiger partial charge < -0.3 is 10.1 Å². The smallest absolute Gasteiger partial charge is 0.277 e. The number of nitrogens with one attached hydrogen (secondary N) is 1. The van der Waals surface area contributed by atoms with E-state index in [1.54, 1.807) is 35.8 Å². The number of halogens is 1. The normalized spacial score (nSPS) is 10.9. The molecular formula is C23H22BrN5O2. The number of methoxy groups -OCH3 is 1. The van der Waals surface area contributed by atoms with Crippen molar-refractivity contribution >= 4 is 27.7 Å². The number of anilines is 1. The first-order chi connectivity index (χ1) is 14.9. The molecule has 2 aromatic carbocycles. The fraction of sp³-hybridized carbons (Fsp3) is 0.174. The van der Waals surface area contributed by atoms with Gasteiger partial charge in [0.25, 0.3) is 5.91 Å². The van der Waals surface area contributed by atoms with E-state index in [9.17, 15) is 4.79 Å². The number of rotatable bonds is 5. The zero-order chi connectivity index (χ0) is 22.1. The van der Waals surface area contributed by atoms with Crippen molar-refractivity contribution in [3.8, 4) is 22.6 Å². The molecule has 0 aliphatic rings. The van der Waals surface area contributed by atoms with E-state index in [1.165, 1.54) is 0 Å². The molecule has 4 aromatic rings. The summed E-state index contributed by atoms with van der Waals surface area (Å²) in [7, 11) is 3.42. The molecule has 158 valence electrons. The van der Waals surface area contributed by atoms with E-state index in [2.05, 4.69) is 31.4 Å². The van der Waals surface area contributed by atoms with Crippen LogP contribution >= 0.6 is 15.9 Å². The Balaban J connectivity index is 1.65. The van der Waals surface area contributed by atoms with Gasteiger partial charge in [-0.25, -0.2) is 4.68 Å². The lowest BCUT2D eigenvalue weighted by Gasteiger charge is -2.10. The maximum atomic E-state index is 13.0. The average molecular weight is 480 g/mol. The quantitative estimate of drug-likeness (QED) is 0.441. The molecule has 1 amide bonds.